The maximum Gasteiger partial charge on any atom is 0.126 e. The lowest BCUT2D eigenvalue weighted by atomic mass is 9.95. The van der Waals surface area contributed by atoms with Crippen LogP contribution < -0.4 is 5.32 Å². The van der Waals surface area contributed by atoms with E-state index in [2.05, 4.69) is 19.2 Å². The maximum absolute atomic E-state index is 13.9. The first-order valence-corrected chi connectivity index (χ1v) is 7.18. The van der Waals surface area contributed by atoms with E-state index in [9.17, 15) is 4.39 Å². The number of benzene rings is 1. The highest BCUT2D eigenvalue weighted by molar-refractivity contribution is 5.22. The van der Waals surface area contributed by atoms with Crippen LogP contribution in [0.15, 0.2) is 24.3 Å². The fourth-order valence-electron chi connectivity index (χ4n) is 2.09. The van der Waals surface area contributed by atoms with Crippen molar-refractivity contribution in [1.29, 1.82) is 0 Å². The highest BCUT2D eigenvalue weighted by Crippen LogP contribution is 2.22. The van der Waals surface area contributed by atoms with Crippen molar-refractivity contribution in [2.75, 3.05) is 26.3 Å². The van der Waals surface area contributed by atoms with Gasteiger partial charge in [0.25, 0.3) is 0 Å². The first-order chi connectivity index (χ1) is 9.15. The fourth-order valence-corrected chi connectivity index (χ4v) is 2.09. The third-order valence-corrected chi connectivity index (χ3v) is 3.10. The van der Waals surface area contributed by atoms with Crippen LogP contribution in [0.4, 0.5) is 4.39 Å². The smallest absolute Gasteiger partial charge is 0.126 e. The highest BCUT2D eigenvalue weighted by Gasteiger charge is 2.15. The van der Waals surface area contributed by atoms with Gasteiger partial charge < -0.3 is 10.1 Å². The van der Waals surface area contributed by atoms with Crippen molar-refractivity contribution < 1.29 is 9.13 Å². The van der Waals surface area contributed by atoms with E-state index >= 15 is 0 Å². The van der Waals surface area contributed by atoms with Gasteiger partial charge in [0.15, 0.2) is 0 Å². The molecule has 1 N–H and O–H groups in total. The molecule has 0 saturated heterocycles. The molecule has 0 spiro atoms. The van der Waals surface area contributed by atoms with Crippen LogP contribution in [-0.2, 0) is 4.74 Å². The highest BCUT2D eigenvalue weighted by atomic mass is 19.1. The van der Waals surface area contributed by atoms with E-state index in [0.29, 0.717) is 19.1 Å². The van der Waals surface area contributed by atoms with Crippen LogP contribution in [0.1, 0.15) is 38.7 Å². The van der Waals surface area contributed by atoms with Gasteiger partial charge in [0.2, 0.25) is 0 Å². The van der Waals surface area contributed by atoms with Gasteiger partial charge in [0, 0.05) is 25.7 Å². The molecule has 0 fully saturated rings. The molecule has 0 aliphatic heterocycles. The third-order valence-electron chi connectivity index (χ3n) is 3.10. The van der Waals surface area contributed by atoms with Gasteiger partial charge in [-0.25, -0.2) is 4.39 Å². The van der Waals surface area contributed by atoms with Crippen molar-refractivity contribution in [3.63, 3.8) is 0 Å². The van der Waals surface area contributed by atoms with Gasteiger partial charge in [0.1, 0.15) is 5.82 Å². The van der Waals surface area contributed by atoms with E-state index in [1.54, 1.807) is 6.07 Å². The second-order valence-corrected chi connectivity index (χ2v) is 5.26. The molecule has 108 valence electrons. The summed E-state index contributed by atoms with van der Waals surface area (Å²) in [6.45, 7) is 9.47. The zero-order valence-electron chi connectivity index (χ0n) is 12.3. The summed E-state index contributed by atoms with van der Waals surface area (Å²) in [5.41, 5.74) is 0.790. The van der Waals surface area contributed by atoms with Crippen LogP contribution in [-0.4, -0.2) is 26.3 Å². The predicted molar refractivity (Wildman–Crippen MR) is 78.0 cm³/mol. The average molecular weight is 267 g/mol. The Hall–Kier alpha value is -0.930. The van der Waals surface area contributed by atoms with E-state index < -0.39 is 0 Å². The van der Waals surface area contributed by atoms with Gasteiger partial charge in [-0.3, -0.25) is 0 Å². The van der Waals surface area contributed by atoms with Crippen LogP contribution >= 0.6 is 0 Å². The van der Waals surface area contributed by atoms with Gasteiger partial charge in [-0.15, -0.1) is 0 Å². The van der Waals surface area contributed by atoms with E-state index in [4.69, 9.17) is 4.74 Å². The molecule has 0 saturated carbocycles. The standard InChI is InChI=1S/C16H26FNO/c1-4-19-10-9-14(12-18-11-13(2)3)15-7-5-6-8-16(15)17/h5-8,13-14,18H,4,9-12H2,1-3H3. The van der Waals surface area contributed by atoms with E-state index in [1.807, 2.05) is 19.1 Å². The number of hydrogen-bond donors (Lipinski definition) is 1. The molecule has 0 amide bonds. The van der Waals surface area contributed by atoms with E-state index in [-0.39, 0.29) is 11.7 Å². The Bertz CT molecular complexity index is 354. The molecule has 0 aliphatic rings. The lowest BCUT2D eigenvalue weighted by molar-refractivity contribution is 0.139. The van der Waals surface area contributed by atoms with Gasteiger partial charge >= 0.3 is 0 Å². The van der Waals surface area contributed by atoms with Crippen molar-refractivity contribution in [2.24, 2.45) is 5.92 Å². The Labute approximate surface area is 116 Å². The summed E-state index contributed by atoms with van der Waals surface area (Å²) < 4.78 is 19.3. The first-order valence-electron chi connectivity index (χ1n) is 7.18. The molecule has 0 heterocycles. The Balaban J connectivity index is 2.60. The molecule has 1 rings (SSSR count). The molecule has 1 unspecified atom stereocenters. The molecule has 1 aromatic rings. The van der Waals surface area contributed by atoms with Crippen molar-refractivity contribution in [1.82, 2.24) is 5.32 Å². The molecular weight excluding hydrogens is 241 g/mol. The molecule has 1 aromatic carbocycles. The molecule has 1 atom stereocenters. The van der Waals surface area contributed by atoms with Crippen LogP contribution in [0.25, 0.3) is 0 Å². The first kappa shape index (κ1) is 16.1. The van der Waals surface area contributed by atoms with Crippen LogP contribution in [0.3, 0.4) is 0 Å². The Kier molecular flexibility index (Phi) is 7.68. The summed E-state index contributed by atoms with van der Waals surface area (Å²) in [7, 11) is 0. The molecular formula is C16H26FNO. The van der Waals surface area contributed by atoms with Gasteiger partial charge in [0.05, 0.1) is 0 Å². The second kappa shape index (κ2) is 9.05. The van der Waals surface area contributed by atoms with Crippen LogP contribution in [0, 0.1) is 11.7 Å². The van der Waals surface area contributed by atoms with E-state index in [1.165, 1.54) is 6.07 Å². The lowest BCUT2D eigenvalue weighted by Gasteiger charge is -2.19. The molecule has 0 aromatic heterocycles. The summed E-state index contributed by atoms with van der Waals surface area (Å²) in [5, 5.41) is 3.42. The molecule has 0 radical (unpaired) electrons. The summed E-state index contributed by atoms with van der Waals surface area (Å²) in [6.07, 6.45) is 0.847. The summed E-state index contributed by atoms with van der Waals surface area (Å²) in [4.78, 5) is 0. The van der Waals surface area contributed by atoms with Crippen LogP contribution in [0.2, 0.25) is 0 Å². The zero-order chi connectivity index (χ0) is 14.1. The van der Waals surface area contributed by atoms with Gasteiger partial charge in [-0.1, -0.05) is 32.0 Å². The van der Waals surface area contributed by atoms with Gasteiger partial charge in [-0.05, 0) is 37.4 Å². The van der Waals surface area contributed by atoms with Crippen LogP contribution in [0.5, 0.6) is 0 Å². The summed E-state index contributed by atoms with van der Waals surface area (Å²) in [6, 6.07) is 7.04. The maximum atomic E-state index is 13.9. The fraction of sp³-hybridized carbons (Fsp3) is 0.625. The zero-order valence-corrected chi connectivity index (χ0v) is 12.3. The monoisotopic (exact) mass is 267 g/mol. The minimum absolute atomic E-state index is 0.115. The average Bonchev–Trinajstić information content (AvgIpc) is 2.37. The van der Waals surface area contributed by atoms with Crippen molar-refractivity contribution in [3.8, 4) is 0 Å². The molecule has 0 aliphatic carbocycles. The minimum atomic E-state index is -0.115. The minimum Gasteiger partial charge on any atom is -0.382 e. The predicted octanol–water partition coefficient (Wildman–Crippen LogP) is 3.58. The summed E-state index contributed by atoms with van der Waals surface area (Å²) >= 11 is 0. The Morgan fingerprint density at radius 2 is 1.95 bits per heavy atom. The van der Waals surface area contributed by atoms with Gasteiger partial charge in [-0.2, -0.15) is 0 Å². The second-order valence-electron chi connectivity index (χ2n) is 5.26. The molecule has 19 heavy (non-hydrogen) atoms. The number of halogens is 1. The van der Waals surface area contributed by atoms with Crippen molar-refractivity contribution in [2.45, 2.75) is 33.1 Å². The number of nitrogens with one attached hydrogen (secondary N) is 1. The quantitative estimate of drug-likeness (QED) is 0.690. The number of ether oxygens (including phenoxy) is 1. The topological polar surface area (TPSA) is 21.3 Å². The molecule has 2 nitrogen and oxygen atoms in total. The lowest BCUT2D eigenvalue weighted by Crippen LogP contribution is -2.26. The van der Waals surface area contributed by atoms with E-state index in [0.717, 1.165) is 25.1 Å². The van der Waals surface area contributed by atoms with Crippen molar-refractivity contribution >= 4 is 0 Å². The SMILES string of the molecule is CCOCCC(CNCC(C)C)c1ccccc1F. The number of rotatable bonds is 9. The summed E-state index contributed by atoms with van der Waals surface area (Å²) in [5.74, 6) is 0.662. The molecule has 3 heteroatoms. The third kappa shape index (κ3) is 6.17. The normalized spacial score (nSPS) is 12.9. The number of hydrogen-bond acceptors (Lipinski definition) is 2. The molecule has 0 bridgehead atoms. The largest absolute Gasteiger partial charge is 0.382 e. The Morgan fingerprint density at radius 3 is 2.58 bits per heavy atom. The Morgan fingerprint density at radius 1 is 1.21 bits per heavy atom. The van der Waals surface area contributed by atoms with Crippen molar-refractivity contribution in [3.05, 3.63) is 35.6 Å².